The van der Waals surface area contributed by atoms with E-state index < -0.39 is 11.7 Å². The Morgan fingerprint density at radius 2 is 1.41 bits per heavy atom. The van der Waals surface area contributed by atoms with Gasteiger partial charge in [0.05, 0.1) is 5.56 Å². The summed E-state index contributed by atoms with van der Waals surface area (Å²) in [5.41, 5.74) is 4.13. The zero-order valence-corrected chi connectivity index (χ0v) is 18.4. The Morgan fingerprint density at radius 1 is 0.812 bits per heavy atom. The van der Waals surface area contributed by atoms with Gasteiger partial charge >= 0.3 is 6.18 Å². The third-order valence-corrected chi connectivity index (χ3v) is 6.25. The highest BCUT2D eigenvalue weighted by Crippen LogP contribution is 2.30. The second-order valence-corrected chi connectivity index (χ2v) is 8.65. The third kappa shape index (κ3) is 5.71. The van der Waals surface area contributed by atoms with E-state index in [-0.39, 0.29) is 0 Å². The van der Waals surface area contributed by atoms with Crippen molar-refractivity contribution < 1.29 is 13.2 Å². The second kappa shape index (κ2) is 9.78. The largest absolute Gasteiger partial charge is 0.416 e. The molecule has 1 aliphatic heterocycles. The maximum absolute atomic E-state index is 12.8. The van der Waals surface area contributed by atoms with Crippen LogP contribution in [0.3, 0.4) is 0 Å². The van der Waals surface area contributed by atoms with E-state index in [0.29, 0.717) is 12.6 Å². The summed E-state index contributed by atoms with van der Waals surface area (Å²) in [7, 11) is 0. The lowest BCUT2D eigenvalue weighted by molar-refractivity contribution is -0.137. The van der Waals surface area contributed by atoms with E-state index in [4.69, 9.17) is 0 Å². The van der Waals surface area contributed by atoms with Crippen molar-refractivity contribution in [2.45, 2.75) is 45.1 Å². The standard InChI is InChI=1S/C27H29F3N2/c1-21-7-9-23(10-8-21)20-32(25-5-3-2-4-6-25)26-15-17-31(18-16-26)19-22-11-13-24(14-12-22)27(28,29)30/h2-14,26H,15-20H2,1H3. The van der Waals surface area contributed by atoms with Crippen LogP contribution in [0.2, 0.25) is 0 Å². The van der Waals surface area contributed by atoms with E-state index in [9.17, 15) is 13.2 Å². The smallest absolute Gasteiger partial charge is 0.364 e. The monoisotopic (exact) mass is 438 g/mol. The summed E-state index contributed by atoms with van der Waals surface area (Å²) in [6, 6.07) is 25.3. The Hall–Kier alpha value is -2.79. The van der Waals surface area contributed by atoms with Gasteiger partial charge in [-0.15, -0.1) is 0 Å². The van der Waals surface area contributed by atoms with Crippen LogP contribution in [-0.4, -0.2) is 24.0 Å². The van der Waals surface area contributed by atoms with E-state index in [1.54, 1.807) is 12.1 Å². The van der Waals surface area contributed by atoms with E-state index in [2.05, 4.69) is 65.3 Å². The lowest BCUT2D eigenvalue weighted by Gasteiger charge is -2.40. The number of hydrogen-bond acceptors (Lipinski definition) is 2. The maximum Gasteiger partial charge on any atom is 0.416 e. The summed E-state index contributed by atoms with van der Waals surface area (Å²) >= 11 is 0. The summed E-state index contributed by atoms with van der Waals surface area (Å²) < 4.78 is 38.4. The topological polar surface area (TPSA) is 6.48 Å². The number of rotatable bonds is 6. The molecule has 0 aromatic heterocycles. The molecule has 32 heavy (non-hydrogen) atoms. The molecule has 168 valence electrons. The predicted octanol–water partition coefficient (Wildman–Crippen LogP) is 6.69. The Morgan fingerprint density at radius 3 is 2.00 bits per heavy atom. The van der Waals surface area contributed by atoms with Crippen LogP contribution in [0.1, 0.15) is 35.1 Å². The van der Waals surface area contributed by atoms with Crippen molar-refractivity contribution in [3.63, 3.8) is 0 Å². The van der Waals surface area contributed by atoms with Crippen molar-refractivity contribution in [3.8, 4) is 0 Å². The summed E-state index contributed by atoms with van der Waals surface area (Å²) in [5, 5.41) is 0. The first-order valence-electron chi connectivity index (χ1n) is 11.1. The number of nitrogens with zero attached hydrogens (tertiary/aromatic N) is 2. The molecule has 0 aliphatic carbocycles. The van der Waals surface area contributed by atoms with Crippen LogP contribution in [0, 0.1) is 6.92 Å². The molecule has 3 aromatic rings. The normalized spacial score (nSPS) is 15.6. The van der Waals surface area contributed by atoms with Gasteiger partial charge < -0.3 is 4.90 Å². The fourth-order valence-corrected chi connectivity index (χ4v) is 4.39. The van der Waals surface area contributed by atoms with Crippen molar-refractivity contribution in [2.75, 3.05) is 18.0 Å². The van der Waals surface area contributed by atoms with Gasteiger partial charge in [-0.1, -0.05) is 60.2 Å². The molecular formula is C27H29F3N2. The van der Waals surface area contributed by atoms with Crippen molar-refractivity contribution in [3.05, 3.63) is 101 Å². The minimum Gasteiger partial charge on any atom is -0.364 e. The highest BCUT2D eigenvalue weighted by Gasteiger charge is 2.30. The van der Waals surface area contributed by atoms with E-state index in [1.807, 2.05) is 6.07 Å². The molecule has 0 atom stereocenters. The van der Waals surface area contributed by atoms with Crippen molar-refractivity contribution in [2.24, 2.45) is 0 Å². The Bertz CT molecular complexity index is 974. The molecule has 1 heterocycles. The first kappa shape index (κ1) is 22.4. The number of benzene rings is 3. The van der Waals surface area contributed by atoms with Gasteiger partial charge in [-0.25, -0.2) is 0 Å². The molecular weight excluding hydrogens is 409 g/mol. The summed E-state index contributed by atoms with van der Waals surface area (Å²) in [6.07, 6.45) is -2.22. The van der Waals surface area contributed by atoms with Crippen molar-refractivity contribution in [1.82, 2.24) is 4.90 Å². The van der Waals surface area contributed by atoms with E-state index in [1.165, 1.54) is 28.9 Å². The van der Waals surface area contributed by atoms with Gasteiger partial charge in [-0.2, -0.15) is 13.2 Å². The molecule has 2 nitrogen and oxygen atoms in total. The van der Waals surface area contributed by atoms with E-state index in [0.717, 1.165) is 38.0 Å². The number of halogens is 3. The van der Waals surface area contributed by atoms with Gasteiger partial charge in [0.25, 0.3) is 0 Å². The molecule has 0 spiro atoms. The van der Waals surface area contributed by atoms with Gasteiger partial charge in [-0.05, 0) is 55.2 Å². The zero-order valence-electron chi connectivity index (χ0n) is 18.4. The number of para-hydroxylation sites is 1. The molecule has 0 radical (unpaired) electrons. The van der Waals surface area contributed by atoms with Gasteiger partial charge in [0, 0.05) is 37.9 Å². The fourth-order valence-electron chi connectivity index (χ4n) is 4.39. The van der Waals surface area contributed by atoms with Gasteiger partial charge in [-0.3, -0.25) is 4.90 Å². The van der Waals surface area contributed by atoms with Crippen molar-refractivity contribution >= 4 is 5.69 Å². The molecule has 1 aliphatic rings. The Labute approximate surface area is 188 Å². The number of piperidine rings is 1. The lowest BCUT2D eigenvalue weighted by Crippen LogP contribution is -2.44. The van der Waals surface area contributed by atoms with Gasteiger partial charge in [0.1, 0.15) is 0 Å². The van der Waals surface area contributed by atoms with Crippen LogP contribution in [0.15, 0.2) is 78.9 Å². The second-order valence-electron chi connectivity index (χ2n) is 8.65. The van der Waals surface area contributed by atoms with Crippen molar-refractivity contribution in [1.29, 1.82) is 0 Å². The average Bonchev–Trinajstić information content (AvgIpc) is 2.80. The molecule has 4 rings (SSSR count). The number of likely N-dealkylation sites (tertiary alicyclic amines) is 1. The van der Waals surface area contributed by atoms with Gasteiger partial charge in [0.2, 0.25) is 0 Å². The fraction of sp³-hybridized carbons (Fsp3) is 0.333. The molecule has 0 bridgehead atoms. The average molecular weight is 439 g/mol. The summed E-state index contributed by atoms with van der Waals surface area (Å²) in [5.74, 6) is 0. The van der Waals surface area contributed by atoms with Crippen LogP contribution in [0.4, 0.5) is 18.9 Å². The molecule has 0 amide bonds. The molecule has 0 unspecified atom stereocenters. The Balaban J connectivity index is 1.40. The first-order chi connectivity index (χ1) is 15.4. The number of aryl methyl sites for hydroxylation is 1. The van der Waals surface area contributed by atoms with Crippen LogP contribution < -0.4 is 4.90 Å². The quantitative estimate of drug-likeness (QED) is 0.423. The van der Waals surface area contributed by atoms with Crippen LogP contribution in [-0.2, 0) is 19.3 Å². The first-order valence-corrected chi connectivity index (χ1v) is 11.1. The number of alkyl halides is 3. The minimum atomic E-state index is -4.28. The number of anilines is 1. The molecule has 5 heteroatoms. The third-order valence-electron chi connectivity index (χ3n) is 6.25. The van der Waals surface area contributed by atoms with Crippen LogP contribution >= 0.6 is 0 Å². The summed E-state index contributed by atoms with van der Waals surface area (Å²) in [6.45, 7) is 5.53. The molecule has 1 fully saturated rings. The highest BCUT2D eigenvalue weighted by atomic mass is 19.4. The van der Waals surface area contributed by atoms with Crippen LogP contribution in [0.25, 0.3) is 0 Å². The molecule has 0 saturated carbocycles. The predicted molar refractivity (Wildman–Crippen MR) is 124 cm³/mol. The minimum absolute atomic E-state index is 0.433. The van der Waals surface area contributed by atoms with Gasteiger partial charge in [0.15, 0.2) is 0 Å². The molecule has 0 N–H and O–H groups in total. The molecule has 3 aromatic carbocycles. The lowest BCUT2D eigenvalue weighted by atomic mass is 10.00. The maximum atomic E-state index is 12.8. The number of hydrogen-bond donors (Lipinski definition) is 0. The Kier molecular flexibility index (Phi) is 6.85. The molecule has 1 saturated heterocycles. The highest BCUT2D eigenvalue weighted by molar-refractivity contribution is 5.48. The summed E-state index contributed by atoms with van der Waals surface area (Å²) in [4.78, 5) is 4.84. The van der Waals surface area contributed by atoms with E-state index >= 15 is 0 Å². The zero-order chi connectivity index (χ0) is 22.6. The van der Waals surface area contributed by atoms with Crippen LogP contribution in [0.5, 0.6) is 0 Å². The SMILES string of the molecule is Cc1ccc(CN(c2ccccc2)C2CCN(Cc3ccc(C(F)(F)F)cc3)CC2)cc1.